The second-order valence-electron chi connectivity index (χ2n) is 3.96. The summed E-state index contributed by atoms with van der Waals surface area (Å²) in [5.74, 6) is 0.571. The number of nitrogens with zero attached hydrogens (tertiary/aromatic N) is 2. The Labute approximate surface area is 116 Å². The van der Waals surface area contributed by atoms with Crippen LogP contribution < -0.4 is 4.74 Å². The number of carbonyl (C=O) groups excluding carboxylic acids is 1. The van der Waals surface area contributed by atoms with E-state index in [4.69, 9.17) is 4.74 Å². The molecule has 0 saturated carbocycles. The van der Waals surface area contributed by atoms with Crippen LogP contribution in [-0.2, 0) is 0 Å². The van der Waals surface area contributed by atoms with Gasteiger partial charge in [-0.2, -0.15) is 5.11 Å². The summed E-state index contributed by atoms with van der Waals surface area (Å²) in [5, 5.41) is 17.6. The summed E-state index contributed by atoms with van der Waals surface area (Å²) in [6.45, 7) is 2.44. The van der Waals surface area contributed by atoms with Gasteiger partial charge in [-0.05, 0) is 37.3 Å². The van der Waals surface area contributed by atoms with Gasteiger partial charge in [-0.3, -0.25) is 4.79 Å². The Morgan fingerprint density at radius 3 is 2.75 bits per heavy atom. The lowest BCUT2D eigenvalue weighted by Gasteiger charge is -2.04. The number of phenolic OH excluding ortho intramolecular Hbond substituents is 1. The summed E-state index contributed by atoms with van der Waals surface area (Å²) in [7, 11) is 0. The van der Waals surface area contributed by atoms with Crippen molar-refractivity contribution in [2.75, 3.05) is 6.61 Å². The van der Waals surface area contributed by atoms with E-state index in [2.05, 4.69) is 10.2 Å². The zero-order chi connectivity index (χ0) is 14.4. The molecule has 102 valence electrons. The fraction of sp³-hybridized carbons (Fsp3) is 0.133. The Kier molecular flexibility index (Phi) is 4.44. The van der Waals surface area contributed by atoms with Crippen LogP contribution in [0.5, 0.6) is 11.5 Å². The highest BCUT2D eigenvalue weighted by Gasteiger charge is 2.03. The third-order valence-corrected chi connectivity index (χ3v) is 2.58. The molecule has 5 heteroatoms. The van der Waals surface area contributed by atoms with E-state index in [1.807, 2.05) is 25.1 Å². The molecule has 0 fully saturated rings. The largest absolute Gasteiger partial charge is 0.507 e. The van der Waals surface area contributed by atoms with Crippen molar-refractivity contribution in [3.8, 4) is 11.5 Å². The Balaban J connectivity index is 2.27. The van der Waals surface area contributed by atoms with Gasteiger partial charge in [0.25, 0.3) is 0 Å². The monoisotopic (exact) mass is 270 g/mol. The highest BCUT2D eigenvalue weighted by atomic mass is 16.5. The van der Waals surface area contributed by atoms with Gasteiger partial charge in [0, 0.05) is 0 Å². The van der Waals surface area contributed by atoms with Gasteiger partial charge in [0.2, 0.25) is 0 Å². The van der Waals surface area contributed by atoms with Gasteiger partial charge in [-0.25, -0.2) is 0 Å². The van der Waals surface area contributed by atoms with E-state index in [1.54, 1.807) is 12.1 Å². The molecule has 0 aromatic heterocycles. The fourth-order valence-corrected chi connectivity index (χ4v) is 1.63. The standard InChI is InChI=1S/C15H14N2O3/c1-2-20-15-6-4-3-5-13(15)17-16-12-7-8-14(19)11(9-12)10-18/h3-10,19H,2H2,1H3. The molecule has 20 heavy (non-hydrogen) atoms. The molecular formula is C15H14N2O3. The minimum absolute atomic E-state index is 0.0753. The third-order valence-electron chi connectivity index (χ3n) is 2.58. The number of ether oxygens (including phenoxy) is 1. The molecule has 5 nitrogen and oxygen atoms in total. The summed E-state index contributed by atoms with van der Waals surface area (Å²) >= 11 is 0. The second-order valence-corrected chi connectivity index (χ2v) is 3.96. The number of carbonyl (C=O) groups is 1. The van der Waals surface area contributed by atoms with Crippen LogP contribution in [0.25, 0.3) is 0 Å². The molecular weight excluding hydrogens is 256 g/mol. The lowest BCUT2D eigenvalue weighted by Crippen LogP contribution is -1.90. The summed E-state index contributed by atoms with van der Waals surface area (Å²) in [4.78, 5) is 10.7. The summed E-state index contributed by atoms with van der Waals surface area (Å²) in [5.41, 5.74) is 1.27. The molecule has 0 atom stereocenters. The van der Waals surface area contributed by atoms with Gasteiger partial charge in [-0.15, -0.1) is 5.11 Å². The van der Waals surface area contributed by atoms with Crippen LogP contribution in [-0.4, -0.2) is 18.0 Å². The van der Waals surface area contributed by atoms with E-state index in [-0.39, 0.29) is 11.3 Å². The van der Waals surface area contributed by atoms with E-state index in [0.29, 0.717) is 30.0 Å². The summed E-state index contributed by atoms with van der Waals surface area (Å²) in [6, 6.07) is 11.7. The Bertz CT molecular complexity index is 639. The van der Waals surface area contributed by atoms with Gasteiger partial charge in [0.1, 0.15) is 17.2 Å². The number of azo groups is 1. The minimum Gasteiger partial charge on any atom is -0.507 e. The molecule has 2 rings (SSSR count). The molecule has 0 radical (unpaired) electrons. The van der Waals surface area contributed by atoms with Gasteiger partial charge < -0.3 is 9.84 Å². The van der Waals surface area contributed by atoms with Crippen LogP contribution in [0.4, 0.5) is 11.4 Å². The van der Waals surface area contributed by atoms with Crippen LogP contribution in [0.3, 0.4) is 0 Å². The average molecular weight is 270 g/mol. The Morgan fingerprint density at radius 1 is 1.20 bits per heavy atom. The first kappa shape index (κ1) is 13.7. The topological polar surface area (TPSA) is 71.2 Å². The molecule has 0 aliphatic rings. The normalized spacial score (nSPS) is 10.7. The zero-order valence-corrected chi connectivity index (χ0v) is 11.0. The average Bonchev–Trinajstić information content (AvgIpc) is 2.48. The maximum Gasteiger partial charge on any atom is 0.153 e. The van der Waals surface area contributed by atoms with Crippen LogP contribution in [0, 0.1) is 0 Å². The number of phenols is 1. The van der Waals surface area contributed by atoms with E-state index in [9.17, 15) is 9.90 Å². The van der Waals surface area contributed by atoms with Crippen molar-refractivity contribution in [3.05, 3.63) is 48.0 Å². The maximum atomic E-state index is 10.7. The van der Waals surface area contributed by atoms with Crippen molar-refractivity contribution in [1.82, 2.24) is 0 Å². The molecule has 2 aromatic carbocycles. The number of aromatic hydroxyl groups is 1. The molecule has 0 saturated heterocycles. The smallest absolute Gasteiger partial charge is 0.153 e. The molecule has 0 spiro atoms. The van der Waals surface area contributed by atoms with E-state index in [0.717, 1.165) is 0 Å². The first-order valence-corrected chi connectivity index (χ1v) is 6.16. The molecule has 1 N–H and O–H groups in total. The Morgan fingerprint density at radius 2 is 2.00 bits per heavy atom. The van der Waals surface area contributed by atoms with Crippen molar-refractivity contribution in [2.24, 2.45) is 10.2 Å². The number of hydrogen-bond donors (Lipinski definition) is 1. The number of benzene rings is 2. The van der Waals surface area contributed by atoms with Gasteiger partial charge in [-0.1, -0.05) is 12.1 Å². The van der Waals surface area contributed by atoms with Crippen LogP contribution >= 0.6 is 0 Å². The van der Waals surface area contributed by atoms with E-state index >= 15 is 0 Å². The van der Waals surface area contributed by atoms with Crippen LogP contribution in [0.2, 0.25) is 0 Å². The predicted octanol–water partition coefficient (Wildman–Crippen LogP) is 4.02. The molecule has 0 aliphatic carbocycles. The number of para-hydroxylation sites is 1. The van der Waals surface area contributed by atoms with Crippen molar-refractivity contribution < 1.29 is 14.6 Å². The van der Waals surface area contributed by atoms with Crippen molar-refractivity contribution in [1.29, 1.82) is 0 Å². The highest BCUT2D eigenvalue weighted by Crippen LogP contribution is 2.29. The van der Waals surface area contributed by atoms with E-state index < -0.39 is 0 Å². The molecule has 0 amide bonds. The summed E-state index contributed by atoms with van der Waals surface area (Å²) < 4.78 is 5.44. The SMILES string of the molecule is CCOc1ccccc1N=Nc1ccc(O)c(C=O)c1. The number of hydrogen-bond acceptors (Lipinski definition) is 5. The van der Waals surface area contributed by atoms with Crippen molar-refractivity contribution >= 4 is 17.7 Å². The first-order valence-electron chi connectivity index (χ1n) is 6.16. The second kappa shape index (κ2) is 6.47. The molecule has 0 heterocycles. The Hall–Kier alpha value is -2.69. The van der Waals surface area contributed by atoms with Crippen LogP contribution in [0.1, 0.15) is 17.3 Å². The lowest BCUT2D eigenvalue weighted by molar-refractivity contribution is 0.112. The fourth-order valence-electron chi connectivity index (χ4n) is 1.63. The van der Waals surface area contributed by atoms with Crippen LogP contribution in [0.15, 0.2) is 52.7 Å². The van der Waals surface area contributed by atoms with Crippen molar-refractivity contribution in [3.63, 3.8) is 0 Å². The van der Waals surface area contributed by atoms with Gasteiger partial charge >= 0.3 is 0 Å². The molecule has 0 unspecified atom stereocenters. The molecule has 0 bridgehead atoms. The molecule has 2 aromatic rings. The lowest BCUT2D eigenvalue weighted by atomic mass is 10.2. The van der Waals surface area contributed by atoms with Crippen molar-refractivity contribution in [2.45, 2.75) is 6.92 Å². The van der Waals surface area contributed by atoms with Gasteiger partial charge in [0.15, 0.2) is 6.29 Å². The maximum absolute atomic E-state index is 10.7. The minimum atomic E-state index is -0.0753. The zero-order valence-electron chi connectivity index (χ0n) is 11.0. The van der Waals surface area contributed by atoms with Gasteiger partial charge in [0.05, 0.1) is 17.9 Å². The predicted molar refractivity (Wildman–Crippen MR) is 75.3 cm³/mol. The number of aldehydes is 1. The quantitative estimate of drug-likeness (QED) is 0.658. The highest BCUT2D eigenvalue weighted by molar-refractivity contribution is 5.80. The third kappa shape index (κ3) is 3.20. The number of rotatable bonds is 5. The molecule has 0 aliphatic heterocycles. The van der Waals surface area contributed by atoms with E-state index in [1.165, 1.54) is 12.1 Å². The first-order chi connectivity index (χ1) is 9.74. The summed E-state index contributed by atoms with van der Waals surface area (Å²) in [6.07, 6.45) is 0.572.